The molecular formula is C53H34N4O2. The molecule has 1 aliphatic rings. The Balaban J connectivity index is 1.07. The van der Waals surface area contributed by atoms with Crippen LogP contribution >= 0.6 is 0 Å². The van der Waals surface area contributed by atoms with Gasteiger partial charge in [-0.3, -0.25) is 0 Å². The van der Waals surface area contributed by atoms with Crippen molar-refractivity contribution in [3.05, 3.63) is 181 Å². The second-order valence-electron chi connectivity index (χ2n) is 15.8. The van der Waals surface area contributed by atoms with E-state index < -0.39 is 0 Å². The molecule has 59 heavy (non-hydrogen) atoms. The van der Waals surface area contributed by atoms with Gasteiger partial charge < -0.3 is 8.83 Å². The fourth-order valence-corrected chi connectivity index (χ4v) is 8.99. The van der Waals surface area contributed by atoms with Crippen LogP contribution < -0.4 is 0 Å². The van der Waals surface area contributed by atoms with Gasteiger partial charge in [-0.1, -0.05) is 135 Å². The monoisotopic (exact) mass is 758 g/mol. The standard InChI is InChI=1S/C53H34N4O2/c1-53(2)41-19-10-9-18-38(41)40-30-37(22-24-42(40)53)51-56-49(35-17-11-16-34(28-35)31-12-5-3-6-13-31)55-50(57-51)36-21-20-32-23-26-44-46(39(32)29-36)47-45(58-44)27-25-43-48(47)59-52(54-43)33-14-7-4-8-15-33/h3-30H,1-2H3. The molecule has 6 nitrogen and oxygen atoms in total. The lowest BCUT2D eigenvalue weighted by molar-refractivity contribution is 0.622. The van der Waals surface area contributed by atoms with E-state index in [1.807, 2.05) is 54.6 Å². The lowest BCUT2D eigenvalue weighted by Gasteiger charge is -2.21. The van der Waals surface area contributed by atoms with Crippen molar-refractivity contribution in [2.75, 3.05) is 0 Å². The average molecular weight is 759 g/mol. The Bertz CT molecular complexity index is 3470. The minimum Gasteiger partial charge on any atom is -0.456 e. The zero-order valence-corrected chi connectivity index (χ0v) is 32.3. The molecule has 0 N–H and O–H groups in total. The number of benzene rings is 8. The maximum Gasteiger partial charge on any atom is 0.227 e. The number of rotatable bonds is 5. The molecule has 12 rings (SSSR count). The van der Waals surface area contributed by atoms with Crippen molar-refractivity contribution in [2.45, 2.75) is 19.3 Å². The molecule has 0 saturated heterocycles. The maximum atomic E-state index is 6.53. The highest BCUT2D eigenvalue weighted by Gasteiger charge is 2.35. The summed E-state index contributed by atoms with van der Waals surface area (Å²) in [6, 6.07) is 58.6. The SMILES string of the molecule is CC1(C)c2ccccc2-c2cc(-c3nc(-c4cccc(-c5ccccc5)c4)nc(-c4ccc5ccc6oc7ccc8nc(-c9ccccc9)oc8c7c6c5c4)n3)ccc21. The van der Waals surface area contributed by atoms with E-state index in [1.54, 1.807) is 0 Å². The molecule has 1 aliphatic carbocycles. The molecule has 0 bridgehead atoms. The number of hydrogen-bond donors (Lipinski definition) is 0. The van der Waals surface area contributed by atoms with E-state index in [9.17, 15) is 0 Å². The first-order valence-corrected chi connectivity index (χ1v) is 19.9. The first-order chi connectivity index (χ1) is 29.0. The second kappa shape index (κ2) is 12.7. The quantitative estimate of drug-likeness (QED) is 0.174. The van der Waals surface area contributed by atoms with Gasteiger partial charge >= 0.3 is 0 Å². The van der Waals surface area contributed by atoms with E-state index in [0.717, 1.165) is 71.6 Å². The molecule has 3 aromatic heterocycles. The number of aromatic nitrogens is 4. The van der Waals surface area contributed by atoms with Crippen molar-refractivity contribution in [3.63, 3.8) is 0 Å². The highest BCUT2D eigenvalue weighted by molar-refractivity contribution is 6.25. The molecule has 0 amide bonds. The molecule has 0 aliphatic heterocycles. The van der Waals surface area contributed by atoms with Gasteiger partial charge in [0, 0.05) is 33.1 Å². The summed E-state index contributed by atoms with van der Waals surface area (Å²) in [4.78, 5) is 20.5. The normalized spacial score (nSPS) is 13.1. The van der Waals surface area contributed by atoms with Crippen LogP contribution in [0.2, 0.25) is 0 Å². The van der Waals surface area contributed by atoms with Crippen molar-refractivity contribution in [3.8, 4) is 67.9 Å². The first kappa shape index (κ1) is 33.4. The summed E-state index contributed by atoms with van der Waals surface area (Å²) in [7, 11) is 0. The summed E-state index contributed by atoms with van der Waals surface area (Å²) in [5.41, 5.74) is 13.8. The molecule has 278 valence electrons. The Morgan fingerprint density at radius 1 is 0.407 bits per heavy atom. The summed E-state index contributed by atoms with van der Waals surface area (Å²) in [6.07, 6.45) is 0. The summed E-state index contributed by atoms with van der Waals surface area (Å²) in [5.74, 6) is 2.37. The molecule has 11 aromatic rings. The average Bonchev–Trinajstić information content (AvgIpc) is 3.97. The summed E-state index contributed by atoms with van der Waals surface area (Å²) in [5, 5.41) is 3.93. The van der Waals surface area contributed by atoms with Crippen LogP contribution in [0.5, 0.6) is 0 Å². The zero-order valence-electron chi connectivity index (χ0n) is 32.3. The Labute approximate surface area is 339 Å². The van der Waals surface area contributed by atoms with E-state index in [0.29, 0.717) is 28.9 Å². The van der Waals surface area contributed by atoms with Crippen LogP contribution in [0.4, 0.5) is 0 Å². The number of nitrogens with zero attached hydrogens (tertiary/aromatic N) is 4. The lowest BCUT2D eigenvalue weighted by atomic mass is 9.82. The third-order valence-corrected chi connectivity index (χ3v) is 12.0. The summed E-state index contributed by atoms with van der Waals surface area (Å²) in [6.45, 7) is 4.59. The maximum absolute atomic E-state index is 6.53. The molecule has 3 heterocycles. The van der Waals surface area contributed by atoms with Gasteiger partial charge in [0.2, 0.25) is 5.89 Å². The summed E-state index contributed by atoms with van der Waals surface area (Å²) >= 11 is 0. The van der Waals surface area contributed by atoms with Crippen molar-refractivity contribution in [1.29, 1.82) is 0 Å². The van der Waals surface area contributed by atoms with Crippen molar-refractivity contribution in [2.24, 2.45) is 0 Å². The number of fused-ring (bicyclic) bond motifs is 10. The number of oxazole rings is 1. The second-order valence-corrected chi connectivity index (χ2v) is 15.8. The number of furan rings is 1. The van der Waals surface area contributed by atoms with Crippen LogP contribution in [-0.4, -0.2) is 19.9 Å². The third kappa shape index (κ3) is 5.26. The fourth-order valence-electron chi connectivity index (χ4n) is 8.99. The smallest absolute Gasteiger partial charge is 0.227 e. The van der Waals surface area contributed by atoms with Gasteiger partial charge in [0.05, 0.1) is 5.39 Å². The van der Waals surface area contributed by atoms with Gasteiger partial charge in [-0.05, 0) is 92.7 Å². The zero-order chi connectivity index (χ0) is 39.2. The van der Waals surface area contributed by atoms with Crippen LogP contribution in [0.3, 0.4) is 0 Å². The van der Waals surface area contributed by atoms with Gasteiger partial charge in [0.15, 0.2) is 23.1 Å². The van der Waals surface area contributed by atoms with Gasteiger partial charge in [-0.25, -0.2) is 19.9 Å². The van der Waals surface area contributed by atoms with Crippen LogP contribution in [-0.2, 0) is 5.41 Å². The minimum atomic E-state index is -0.105. The predicted octanol–water partition coefficient (Wildman–Crippen LogP) is 13.7. The van der Waals surface area contributed by atoms with E-state index in [4.69, 9.17) is 28.8 Å². The van der Waals surface area contributed by atoms with Crippen LogP contribution in [0.15, 0.2) is 179 Å². The molecule has 0 spiro atoms. The summed E-state index contributed by atoms with van der Waals surface area (Å²) < 4.78 is 13.0. The van der Waals surface area contributed by atoms with Crippen LogP contribution in [0.1, 0.15) is 25.0 Å². The minimum absolute atomic E-state index is 0.105. The van der Waals surface area contributed by atoms with Crippen molar-refractivity contribution >= 4 is 43.8 Å². The molecule has 6 heteroatoms. The van der Waals surface area contributed by atoms with Crippen LogP contribution in [0.25, 0.3) is 112 Å². The number of hydrogen-bond acceptors (Lipinski definition) is 6. The van der Waals surface area contributed by atoms with Gasteiger partial charge in [-0.15, -0.1) is 0 Å². The highest BCUT2D eigenvalue weighted by atomic mass is 16.4. The topological polar surface area (TPSA) is 77.8 Å². The van der Waals surface area contributed by atoms with Gasteiger partial charge in [0.1, 0.15) is 16.7 Å². The van der Waals surface area contributed by atoms with E-state index >= 15 is 0 Å². The van der Waals surface area contributed by atoms with Gasteiger partial charge in [-0.2, -0.15) is 0 Å². The van der Waals surface area contributed by atoms with E-state index in [2.05, 4.69) is 129 Å². The Morgan fingerprint density at radius 2 is 1.00 bits per heavy atom. The third-order valence-electron chi connectivity index (χ3n) is 12.0. The predicted molar refractivity (Wildman–Crippen MR) is 237 cm³/mol. The molecule has 8 aromatic carbocycles. The molecule has 0 saturated carbocycles. The van der Waals surface area contributed by atoms with E-state index in [1.165, 1.54) is 22.3 Å². The molecule has 0 unspecified atom stereocenters. The van der Waals surface area contributed by atoms with Crippen molar-refractivity contribution < 1.29 is 8.83 Å². The Morgan fingerprint density at radius 3 is 1.80 bits per heavy atom. The Kier molecular flexibility index (Phi) is 7.17. The van der Waals surface area contributed by atoms with Crippen molar-refractivity contribution in [1.82, 2.24) is 19.9 Å². The largest absolute Gasteiger partial charge is 0.456 e. The first-order valence-electron chi connectivity index (χ1n) is 19.9. The Hall–Kier alpha value is -7.70. The fraction of sp³-hybridized carbons (Fsp3) is 0.0566. The molecular weight excluding hydrogens is 725 g/mol. The highest BCUT2D eigenvalue weighted by Crippen LogP contribution is 2.49. The van der Waals surface area contributed by atoms with Crippen LogP contribution in [0, 0.1) is 0 Å². The molecule has 0 fully saturated rings. The molecule has 0 radical (unpaired) electrons. The molecule has 0 atom stereocenters. The lowest BCUT2D eigenvalue weighted by Crippen LogP contribution is -2.14. The van der Waals surface area contributed by atoms with Gasteiger partial charge in [0.25, 0.3) is 0 Å². The van der Waals surface area contributed by atoms with E-state index in [-0.39, 0.29) is 5.41 Å².